The third kappa shape index (κ3) is 1.20. The first-order valence-electron chi connectivity index (χ1n) is 3.34. The smallest absolute Gasteiger partial charge is 0.0735 e. The van der Waals surface area contributed by atoms with E-state index in [0.29, 0.717) is 0 Å². The fourth-order valence-corrected chi connectivity index (χ4v) is 3.15. The molecule has 3 heteroatoms. The van der Waals surface area contributed by atoms with Crippen LogP contribution in [0.3, 0.4) is 0 Å². The third-order valence-electron chi connectivity index (χ3n) is 1.55. The van der Waals surface area contributed by atoms with Gasteiger partial charge in [-0.2, -0.15) is 0 Å². The molecule has 2 heterocycles. The van der Waals surface area contributed by atoms with Crippen LogP contribution in [0.4, 0.5) is 0 Å². The van der Waals surface area contributed by atoms with Crippen LogP contribution in [0.5, 0.6) is 0 Å². The number of fused-ring (bicyclic) bond motifs is 1. The molecule has 0 amide bonds. The normalized spacial score (nSPS) is 11.0. The van der Waals surface area contributed by atoms with Gasteiger partial charge in [0.25, 0.3) is 0 Å². The van der Waals surface area contributed by atoms with Gasteiger partial charge in [0.2, 0.25) is 0 Å². The summed E-state index contributed by atoms with van der Waals surface area (Å²) in [6.07, 6.45) is 0. The minimum atomic E-state index is 0.737. The first-order valence-corrected chi connectivity index (χ1v) is 5.10. The Bertz CT molecular complexity index is 347. The summed E-state index contributed by atoms with van der Waals surface area (Å²) in [4.78, 5) is 0. The molecule has 0 aliphatic heterocycles. The first-order chi connectivity index (χ1) is 5.42. The Hall–Kier alpha value is -0.380. The maximum Gasteiger partial charge on any atom is 0.0735 e. The van der Waals surface area contributed by atoms with Crippen molar-refractivity contribution < 1.29 is 4.74 Å². The molecule has 0 atom stereocenters. The molecule has 2 aromatic heterocycles. The zero-order valence-corrected chi connectivity index (χ0v) is 7.80. The van der Waals surface area contributed by atoms with Gasteiger partial charge < -0.3 is 4.74 Å². The summed E-state index contributed by atoms with van der Waals surface area (Å²) in [5.74, 6) is 0. The monoisotopic (exact) mass is 184 g/mol. The van der Waals surface area contributed by atoms with Crippen LogP contribution in [0.2, 0.25) is 0 Å². The van der Waals surface area contributed by atoms with E-state index in [2.05, 4.69) is 16.8 Å². The van der Waals surface area contributed by atoms with Crippen molar-refractivity contribution in [1.29, 1.82) is 0 Å². The molecule has 0 aromatic carbocycles. The summed E-state index contributed by atoms with van der Waals surface area (Å²) in [5.41, 5.74) is 1.32. The van der Waals surface area contributed by atoms with Crippen LogP contribution in [-0.2, 0) is 11.3 Å². The number of methoxy groups -OCH3 is 1. The lowest BCUT2D eigenvalue weighted by molar-refractivity contribution is 0.186. The lowest BCUT2D eigenvalue weighted by atomic mass is 10.3. The number of rotatable bonds is 2. The van der Waals surface area contributed by atoms with Crippen molar-refractivity contribution in [3.8, 4) is 0 Å². The Balaban J connectivity index is 2.51. The minimum absolute atomic E-state index is 0.737. The second-order valence-corrected chi connectivity index (χ2v) is 4.14. The largest absolute Gasteiger partial charge is 0.380 e. The highest BCUT2D eigenvalue weighted by molar-refractivity contribution is 7.26. The lowest BCUT2D eigenvalue weighted by Gasteiger charge is -1.92. The molecule has 2 rings (SSSR count). The second-order valence-electron chi connectivity index (χ2n) is 2.31. The molecule has 58 valence electrons. The van der Waals surface area contributed by atoms with Gasteiger partial charge in [0.1, 0.15) is 0 Å². The number of thiophene rings is 2. The summed E-state index contributed by atoms with van der Waals surface area (Å²) < 4.78 is 7.84. The molecular formula is C8H8OS2. The van der Waals surface area contributed by atoms with Gasteiger partial charge >= 0.3 is 0 Å². The van der Waals surface area contributed by atoms with E-state index in [0.717, 1.165) is 6.61 Å². The van der Waals surface area contributed by atoms with E-state index in [1.807, 2.05) is 0 Å². The summed E-state index contributed by atoms with van der Waals surface area (Å²) >= 11 is 3.58. The van der Waals surface area contributed by atoms with E-state index in [9.17, 15) is 0 Å². The van der Waals surface area contributed by atoms with Crippen molar-refractivity contribution in [1.82, 2.24) is 0 Å². The van der Waals surface area contributed by atoms with Gasteiger partial charge in [-0.05, 0) is 16.8 Å². The molecule has 0 radical (unpaired) electrons. The van der Waals surface area contributed by atoms with Crippen LogP contribution in [0.15, 0.2) is 16.8 Å². The van der Waals surface area contributed by atoms with Crippen LogP contribution in [0.1, 0.15) is 5.56 Å². The molecule has 0 N–H and O–H groups in total. The van der Waals surface area contributed by atoms with Crippen molar-refractivity contribution in [3.05, 3.63) is 22.4 Å². The summed E-state index contributed by atoms with van der Waals surface area (Å²) in [6, 6.07) is 2.16. The van der Waals surface area contributed by atoms with Gasteiger partial charge in [0.05, 0.1) is 11.3 Å². The summed E-state index contributed by atoms with van der Waals surface area (Å²) in [7, 11) is 1.73. The van der Waals surface area contributed by atoms with Crippen molar-refractivity contribution in [3.63, 3.8) is 0 Å². The highest BCUT2D eigenvalue weighted by atomic mass is 32.1. The SMILES string of the molecule is COCc1csc2ccsc12. The molecule has 1 nitrogen and oxygen atoms in total. The quantitative estimate of drug-likeness (QED) is 0.697. The van der Waals surface area contributed by atoms with Gasteiger partial charge in [-0.1, -0.05) is 0 Å². The molecule has 0 spiro atoms. The van der Waals surface area contributed by atoms with Crippen LogP contribution in [-0.4, -0.2) is 7.11 Å². The van der Waals surface area contributed by atoms with Crippen molar-refractivity contribution in [2.45, 2.75) is 6.61 Å². The van der Waals surface area contributed by atoms with Gasteiger partial charge in [-0.25, -0.2) is 0 Å². The van der Waals surface area contributed by atoms with Gasteiger partial charge in [-0.3, -0.25) is 0 Å². The predicted molar refractivity (Wildman–Crippen MR) is 50.4 cm³/mol. The van der Waals surface area contributed by atoms with E-state index in [1.54, 1.807) is 29.8 Å². The fraction of sp³-hybridized carbons (Fsp3) is 0.250. The Kier molecular flexibility index (Phi) is 1.94. The fourth-order valence-electron chi connectivity index (χ4n) is 1.07. The maximum atomic E-state index is 5.08. The topological polar surface area (TPSA) is 9.23 Å². The van der Waals surface area contributed by atoms with Gasteiger partial charge in [-0.15, -0.1) is 22.7 Å². The molecule has 0 fully saturated rings. The van der Waals surface area contributed by atoms with Crippen molar-refractivity contribution >= 4 is 32.1 Å². The maximum absolute atomic E-state index is 5.08. The Labute approximate surface area is 73.2 Å². The molecule has 0 aliphatic carbocycles. The Morgan fingerprint density at radius 3 is 3.18 bits per heavy atom. The average molecular weight is 184 g/mol. The van der Waals surface area contributed by atoms with Crippen LogP contribution >= 0.6 is 22.7 Å². The van der Waals surface area contributed by atoms with Crippen LogP contribution in [0, 0.1) is 0 Å². The molecule has 0 saturated carbocycles. The number of hydrogen-bond acceptors (Lipinski definition) is 3. The minimum Gasteiger partial charge on any atom is -0.380 e. The highest BCUT2D eigenvalue weighted by Crippen LogP contribution is 2.30. The lowest BCUT2D eigenvalue weighted by Crippen LogP contribution is -1.81. The molecule has 0 unspecified atom stereocenters. The number of ether oxygens (including phenoxy) is 1. The van der Waals surface area contributed by atoms with E-state index < -0.39 is 0 Å². The predicted octanol–water partition coefficient (Wildman–Crippen LogP) is 3.11. The Morgan fingerprint density at radius 1 is 1.45 bits per heavy atom. The van der Waals surface area contributed by atoms with E-state index in [-0.39, 0.29) is 0 Å². The molecule has 0 saturated heterocycles. The first kappa shape index (κ1) is 7.28. The second kappa shape index (κ2) is 2.93. The Morgan fingerprint density at radius 2 is 2.36 bits per heavy atom. The summed E-state index contributed by atoms with van der Waals surface area (Å²) in [5, 5.41) is 4.30. The average Bonchev–Trinajstić information content (AvgIpc) is 2.53. The van der Waals surface area contributed by atoms with E-state index >= 15 is 0 Å². The number of hydrogen-bond donors (Lipinski definition) is 0. The third-order valence-corrected chi connectivity index (χ3v) is 3.66. The zero-order valence-electron chi connectivity index (χ0n) is 6.16. The van der Waals surface area contributed by atoms with Crippen molar-refractivity contribution in [2.75, 3.05) is 7.11 Å². The van der Waals surface area contributed by atoms with E-state index in [4.69, 9.17) is 4.74 Å². The zero-order chi connectivity index (χ0) is 7.68. The van der Waals surface area contributed by atoms with Crippen molar-refractivity contribution in [2.24, 2.45) is 0 Å². The molecule has 2 aromatic rings. The summed E-state index contributed by atoms with van der Waals surface area (Å²) in [6.45, 7) is 0.737. The van der Waals surface area contributed by atoms with Crippen LogP contribution in [0.25, 0.3) is 9.40 Å². The molecule has 11 heavy (non-hydrogen) atoms. The van der Waals surface area contributed by atoms with E-state index in [1.165, 1.54) is 15.0 Å². The molecule has 0 bridgehead atoms. The molecular weight excluding hydrogens is 176 g/mol. The van der Waals surface area contributed by atoms with Gasteiger partial charge in [0.15, 0.2) is 0 Å². The standard InChI is InChI=1S/C8H8OS2/c1-9-4-6-5-11-7-2-3-10-8(6)7/h2-3,5H,4H2,1H3. The van der Waals surface area contributed by atoms with Gasteiger partial charge in [0, 0.05) is 17.4 Å². The van der Waals surface area contributed by atoms with Crippen LogP contribution < -0.4 is 0 Å². The molecule has 0 aliphatic rings. The highest BCUT2D eigenvalue weighted by Gasteiger charge is 2.03.